The molecule has 1 aromatic carbocycles. The molecule has 0 saturated heterocycles. The number of rotatable bonds is 9. The monoisotopic (exact) mass is 335 g/mol. The molecule has 1 aromatic rings. The number of ether oxygens (including phenoxy) is 2. The van der Waals surface area contributed by atoms with Crippen LogP contribution in [0.25, 0.3) is 0 Å². The zero-order chi connectivity index (χ0) is 18.2. The average Bonchev–Trinajstić information content (AvgIpc) is 2.52. The van der Waals surface area contributed by atoms with Gasteiger partial charge in [0.2, 0.25) is 5.91 Å². The number of hydrogen-bond donors (Lipinski definition) is 1. The fourth-order valence-corrected chi connectivity index (χ4v) is 2.28. The van der Waals surface area contributed by atoms with Gasteiger partial charge < -0.3 is 14.8 Å². The summed E-state index contributed by atoms with van der Waals surface area (Å²) in [7, 11) is 0. The van der Waals surface area contributed by atoms with Gasteiger partial charge in [0.25, 0.3) is 0 Å². The third-order valence-electron chi connectivity index (χ3n) is 3.86. The minimum atomic E-state index is -0.558. The highest BCUT2D eigenvalue weighted by Gasteiger charge is 2.27. The van der Waals surface area contributed by atoms with Gasteiger partial charge >= 0.3 is 5.97 Å². The van der Waals surface area contributed by atoms with Crippen LogP contribution in [-0.2, 0) is 14.3 Å². The topological polar surface area (TPSA) is 64.6 Å². The van der Waals surface area contributed by atoms with E-state index in [1.54, 1.807) is 6.92 Å². The molecule has 24 heavy (non-hydrogen) atoms. The fraction of sp³-hybridized carbons (Fsp3) is 0.579. The van der Waals surface area contributed by atoms with Gasteiger partial charge in [0.1, 0.15) is 12.3 Å². The molecule has 1 N–H and O–H groups in total. The SMILES string of the molecule is CCOC(=O)CNC(=O)C(C)(C)CCCOc1cc(C)ccc1C. The quantitative estimate of drug-likeness (QED) is 0.556. The summed E-state index contributed by atoms with van der Waals surface area (Å²) < 4.78 is 10.6. The highest BCUT2D eigenvalue weighted by atomic mass is 16.5. The number of hydrogen-bond acceptors (Lipinski definition) is 4. The van der Waals surface area contributed by atoms with Crippen LogP contribution in [0.5, 0.6) is 5.75 Å². The number of nitrogens with one attached hydrogen (secondary N) is 1. The average molecular weight is 335 g/mol. The van der Waals surface area contributed by atoms with Crippen molar-refractivity contribution in [3.8, 4) is 5.75 Å². The van der Waals surface area contributed by atoms with E-state index in [1.807, 2.05) is 39.8 Å². The van der Waals surface area contributed by atoms with Crippen LogP contribution < -0.4 is 10.1 Å². The molecule has 0 radical (unpaired) electrons. The summed E-state index contributed by atoms with van der Waals surface area (Å²) in [5.74, 6) is 0.321. The molecule has 0 spiro atoms. The Balaban J connectivity index is 2.37. The molecule has 5 nitrogen and oxygen atoms in total. The van der Waals surface area contributed by atoms with Crippen molar-refractivity contribution in [1.82, 2.24) is 5.32 Å². The second kappa shape index (κ2) is 9.30. The Hall–Kier alpha value is -2.04. The predicted octanol–water partition coefficient (Wildman–Crippen LogP) is 3.17. The second-order valence-electron chi connectivity index (χ2n) is 6.59. The maximum Gasteiger partial charge on any atom is 0.325 e. The van der Waals surface area contributed by atoms with Crippen LogP contribution in [0.4, 0.5) is 0 Å². The van der Waals surface area contributed by atoms with Gasteiger partial charge in [0.15, 0.2) is 0 Å². The van der Waals surface area contributed by atoms with E-state index in [9.17, 15) is 9.59 Å². The van der Waals surface area contributed by atoms with E-state index in [1.165, 1.54) is 0 Å². The van der Waals surface area contributed by atoms with Crippen molar-refractivity contribution in [2.75, 3.05) is 19.8 Å². The van der Waals surface area contributed by atoms with Gasteiger partial charge in [-0.1, -0.05) is 26.0 Å². The Labute approximate surface area is 144 Å². The smallest absolute Gasteiger partial charge is 0.325 e. The van der Waals surface area contributed by atoms with Crippen molar-refractivity contribution in [2.24, 2.45) is 5.41 Å². The fourth-order valence-electron chi connectivity index (χ4n) is 2.28. The minimum absolute atomic E-state index is 0.0882. The number of aryl methyl sites for hydroxylation is 2. The lowest BCUT2D eigenvalue weighted by Crippen LogP contribution is -2.40. The Morgan fingerprint density at radius 3 is 2.58 bits per heavy atom. The molecule has 0 aliphatic heterocycles. The molecule has 0 aliphatic rings. The Kier molecular flexibility index (Phi) is 7.75. The Morgan fingerprint density at radius 1 is 1.21 bits per heavy atom. The summed E-state index contributed by atoms with van der Waals surface area (Å²) in [5, 5.41) is 2.63. The van der Waals surface area contributed by atoms with Crippen molar-refractivity contribution in [3.05, 3.63) is 29.3 Å². The van der Waals surface area contributed by atoms with E-state index >= 15 is 0 Å². The van der Waals surface area contributed by atoms with Crippen molar-refractivity contribution in [1.29, 1.82) is 0 Å². The Bertz CT molecular complexity index is 566. The first-order valence-corrected chi connectivity index (χ1v) is 8.40. The molecule has 0 aromatic heterocycles. The van der Waals surface area contributed by atoms with Crippen LogP contribution in [0.1, 0.15) is 44.7 Å². The maximum atomic E-state index is 12.2. The summed E-state index contributed by atoms with van der Waals surface area (Å²) in [6.07, 6.45) is 1.43. The molecule has 1 amide bonds. The molecule has 134 valence electrons. The lowest BCUT2D eigenvalue weighted by atomic mass is 9.87. The first kappa shape index (κ1) is 20.0. The number of carbonyl (C=O) groups is 2. The van der Waals surface area contributed by atoms with Gasteiger partial charge in [-0.15, -0.1) is 0 Å². The van der Waals surface area contributed by atoms with Gasteiger partial charge in [0.05, 0.1) is 13.2 Å². The van der Waals surface area contributed by atoms with Gasteiger partial charge in [-0.2, -0.15) is 0 Å². The lowest BCUT2D eigenvalue weighted by molar-refractivity contribution is -0.144. The second-order valence-corrected chi connectivity index (χ2v) is 6.59. The van der Waals surface area contributed by atoms with Crippen LogP contribution in [0, 0.1) is 19.3 Å². The lowest BCUT2D eigenvalue weighted by Gasteiger charge is -2.23. The first-order chi connectivity index (χ1) is 11.3. The number of carbonyl (C=O) groups excluding carboxylic acids is 2. The highest BCUT2D eigenvalue weighted by Crippen LogP contribution is 2.24. The third-order valence-corrected chi connectivity index (χ3v) is 3.86. The van der Waals surface area contributed by atoms with Gasteiger partial charge in [-0.25, -0.2) is 0 Å². The molecule has 0 saturated carbocycles. The molecular formula is C19H29NO4. The summed E-state index contributed by atoms with van der Waals surface area (Å²) in [6.45, 7) is 10.3. The number of benzene rings is 1. The largest absolute Gasteiger partial charge is 0.493 e. The standard InChI is InChI=1S/C19H29NO4/c1-6-23-17(21)13-20-18(22)19(4,5)10-7-11-24-16-12-14(2)8-9-15(16)3/h8-9,12H,6-7,10-11,13H2,1-5H3,(H,20,22). The van der Waals surface area contributed by atoms with Gasteiger partial charge in [0, 0.05) is 5.41 Å². The predicted molar refractivity (Wildman–Crippen MR) is 94.1 cm³/mol. The third kappa shape index (κ3) is 6.60. The zero-order valence-corrected chi connectivity index (χ0v) is 15.4. The minimum Gasteiger partial charge on any atom is -0.493 e. The first-order valence-electron chi connectivity index (χ1n) is 8.40. The van der Waals surface area contributed by atoms with Crippen LogP contribution in [0.3, 0.4) is 0 Å². The zero-order valence-electron chi connectivity index (χ0n) is 15.4. The molecule has 0 aliphatic carbocycles. The van der Waals surface area contributed by atoms with Crippen LogP contribution in [0.2, 0.25) is 0 Å². The molecule has 5 heteroatoms. The molecule has 0 unspecified atom stereocenters. The highest BCUT2D eigenvalue weighted by molar-refractivity contribution is 5.85. The van der Waals surface area contributed by atoms with Crippen molar-refractivity contribution in [3.63, 3.8) is 0 Å². The molecule has 0 fully saturated rings. The van der Waals surface area contributed by atoms with Crippen molar-refractivity contribution in [2.45, 2.75) is 47.5 Å². The Morgan fingerprint density at radius 2 is 1.92 bits per heavy atom. The maximum absolute atomic E-state index is 12.2. The molecular weight excluding hydrogens is 306 g/mol. The molecule has 0 atom stereocenters. The van der Waals surface area contributed by atoms with Crippen molar-refractivity contribution < 1.29 is 19.1 Å². The summed E-state index contributed by atoms with van der Waals surface area (Å²) in [6, 6.07) is 6.11. The molecule has 1 rings (SSSR count). The van der Waals surface area contributed by atoms with E-state index in [-0.39, 0.29) is 12.5 Å². The van der Waals surface area contributed by atoms with E-state index in [0.717, 1.165) is 23.3 Å². The van der Waals surface area contributed by atoms with E-state index in [4.69, 9.17) is 9.47 Å². The van der Waals surface area contributed by atoms with E-state index in [0.29, 0.717) is 19.6 Å². The van der Waals surface area contributed by atoms with Crippen LogP contribution in [0.15, 0.2) is 18.2 Å². The molecule has 0 bridgehead atoms. The number of amides is 1. The summed E-state index contributed by atoms with van der Waals surface area (Å²) in [5.41, 5.74) is 1.71. The number of esters is 1. The van der Waals surface area contributed by atoms with Crippen molar-refractivity contribution >= 4 is 11.9 Å². The van der Waals surface area contributed by atoms with Crippen LogP contribution >= 0.6 is 0 Å². The normalized spacial score (nSPS) is 11.0. The van der Waals surface area contributed by atoms with Gasteiger partial charge in [-0.05, 0) is 50.8 Å². The van der Waals surface area contributed by atoms with E-state index < -0.39 is 11.4 Å². The van der Waals surface area contributed by atoms with Crippen LogP contribution in [-0.4, -0.2) is 31.6 Å². The summed E-state index contributed by atoms with van der Waals surface area (Å²) in [4.78, 5) is 23.5. The van der Waals surface area contributed by atoms with Gasteiger partial charge in [-0.3, -0.25) is 9.59 Å². The summed E-state index contributed by atoms with van der Waals surface area (Å²) >= 11 is 0. The molecule has 0 heterocycles. The van der Waals surface area contributed by atoms with E-state index in [2.05, 4.69) is 11.4 Å².